The average molecular weight is 621 g/mol. The number of hydrogen-bond acceptors (Lipinski definition) is 7. The Labute approximate surface area is 257 Å². The molecule has 0 bridgehead atoms. The Balaban J connectivity index is 1.74. The normalized spacial score (nSPS) is 18.5. The number of rotatable bonds is 10. The summed E-state index contributed by atoms with van der Waals surface area (Å²) in [6, 6.07) is 22.1. The number of likely N-dealkylation sites (N-methyl/N-ethyl adjacent to an activating group) is 1. The number of nitro groups is 1. The van der Waals surface area contributed by atoms with Gasteiger partial charge in [-0.3, -0.25) is 19.7 Å². The van der Waals surface area contributed by atoms with Crippen molar-refractivity contribution in [1.82, 2.24) is 4.90 Å². The molecule has 232 valence electrons. The van der Waals surface area contributed by atoms with Crippen molar-refractivity contribution >= 4 is 36.3 Å². The molecule has 0 aromatic heterocycles. The maximum absolute atomic E-state index is 14.8. The number of carbonyl (C=O) groups excluding carboxylic acids is 2. The molecule has 0 N–H and O–H groups in total. The van der Waals surface area contributed by atoms with Crippen LogP contribution in [0, 0.1) is 15.9 Å². The number of methoxy groups -OCH3 is 1. The lowest BCUT2D eigenvalue weighted by Gasteiger charge is -2.45. The number of hydrogen-bond donors (Lipinski definition) is 0. The van der Waals surface area contributed by atoms with Crippen molar-refractivity contribution in [2.75, 3.05) is 20.8 Å². The van der Waals surface area contributed by atoms with E-state index < -0.39 is 60.4 Å². The molecule has 0 fully saturated rings. The lowest BCUT2D eigenvalue weighted by molar-refractivity contribution is -0.384. The van der Waals surface area contributed by atoms with Gasteiger partial charge in [0.15, 0.2) is 0 Å². The van der Waals surface area contributed by atoms with E-state index in [-0.39, 0.29) is 18.1 Å². The first-order chi connectivity index (χ1) is 20.9. The van der Waals surface area contributed by atoms with Gasteiger partial charge in [0.05, 0.1) is 42.8 Å². The Morgan fingerprint density at radius 1 is 1.00 bits per heavy atom. The summed E-state index contributed by atoms with van der Waals surface area (Å²) >= 11 is 0. The second-order valence-electron chi connectivity index (χ2n) is 11.7. The van der Waals surface area contributed by atoms with E-state index in [1.165, 1.54) is 19.1 Å². The van der Waals surface area contributed by atoms with Gasteiger partial charge in [0, 0.05) is 19.2 Å². The zero-order valence-electron chi connectivity index (χ0n) is 25.4. The average Bonchev–Trinajstić information content (AvgIpc) is 3.01. The van der Waals surface area contributed by atoms with Gasteiger partial charge in [-0.2, -0.15) is 0 Å². The quantitative estimate of drug-likeness (QED) is 0.107. The minimum atomic E-state index is -3.01. The molecule has 0 saturated heterocycles. The number of nitrogens with zero attached hydrogens (tertiary/aromatic N) is 2. The van der Waals surface area contributed by atoms with Crippen LogP contribution in [0.25, 0.3) is 0 Å². The topological polar surface area (TPSA) is 108 Å². The summed E-state index contributed by atoms with van der Waals surface area (Å²) < 4.78 is 33.1. The Morgan fingerprint density at radius 3 is 2.11 bits per heavy atom. The molecule has 0 aliphatic carbocycles. The molecule has 3 aromatic carbocycles. The highest BCUT2D eigenvalue weighted by Crippen LogP contribution is 2.37. The minimum absolute atomic E-state index is 0.0367. The van der Waals surface area contributed by atoms with Crippen LogP contribution in [-0.4, -0.2) is 69.0 Å². The lowest BCUT2D eigenvalue weighted by Crippen LogP contribution is -2.67. The van der Waals surface area contributed by atoms with Gasteiger partial charge in [-0.1, -0.05) is 93.6 Å². The van der Waals surface area contributed by atoms with Gasteiger partial charge >= 0.3 is 5.97 Å². The first kappa shape index (κ1) is 32.7. The van der Waals surface area contributed by atoms with Crippen LogP contribution in [0.2, 0.25) is 5.04 Å². The maximum atomic E-state index is 14.8. The van der Waals surface area contributed by atoms with Crippen LogP contribution < -0.4 is 10.4 Å². The standard InChI is InChI=1S/C33H37FN2O7Si/c1-33(2,3)44(25-12-8-6-9-13-25,26-14-10-7-11-15-26)42-22-30-29(19-17-24(43-30)21-31(37)41-5)35(4)32(38)27-20-23(36(39)40)16-18-28(27)34/h6-20,24,29-30H,21-22H2,1-5H3/t24-,29-,30-/m1/s1. The van der Waals surface area contributed by atoms with Crippen molar-refractivity contribution in [2.24, 2.45) is 0 Å². The number of esters is 1. The van der Waals surface area contributed by atoms with Crippen molar-refractivity contribution in [3.63, 3.8) is 0 Å². The zero-order valence-corrected chi connectivity index (χ0v) is 26.4. The molecule has 1 aliphatic rings. The number of carbonyl (C=O) groups is 2. The molecule has 0 radical (unpaired) electrons. The third-order valence-electron chi connectivity index (χ3n) is 7.89. The molecular weight excluding hydrogens is 583 g/mol. The first-order valence-corrected chi connectivity index (χ1v) is 16.2. The maximum Gasteiger partial charge on any atom is 0.308 e. The summed E-state index contributed by atoms with van der Waals surface area (Å²) in [4.78, 5) is 37.6. The van der Waals surface area contributed by atoms with Crippen molar-refractivity contribution in [3.05, 3.63) is 113 Å². The number of non-ortho nitro benzene ring substituents is 1. The molecule has 3 atom stereocenters. The highest BCUT2D eigenvalue weighted by Gasteiger charge is 2.51. The molecule has 3 aromatic rings. The Morgan fingerprint density at radius 2 is 1.59 bits per heavy atom. The van der Waals surface area contributed by atoms with E-state index in [0.717, 1.165) is 28.6 Å². The van der Waals surface area contributed by atoms with E-state index in [1.807, 2.05) is 36.4 Å². The van der Waals surface area contributed by atoms with Gasteiger partial charge < -0.3 is 18.8 Å². The number of benzene rings is 3. The Hall–Kier alpha value is -4.19. The fraction of sp³-hybridized carbons (Fsp3) is 0.333. The number of nitro benzene ring substituents is 1. The zero-order chi connectivity index (χ0) is 32.1. The van der Waals surface area contributed by atoms with Crippen LogP contribution in [-0.2, 0) is 18.7 Å². The SMILES string of the molecule is COC(=O)C[C@H]1C=C[C@@H](N(C)C(=O)c2cc([N+](=O)[O-])ccc2F)[C@@H](CO[Si](c2ccccc2)(c2ccccc2)C(C)(C)C)O1. The molecule has 11 heteroatoms. The fourth-order valence-electron chi connectivity index (χ4n) is 5.68. The Bertz CT molecular complexity index is 1470. The molecule has 0 spiro atoms. The van der Waals surface area contributed by atoms with Gasteiger partial charge in [0.25, 0.3) is 19.9 Å². The fourth-order valence-corrected chi connectivity index (χ4v) is 10.2. The second-order valence-corrected chi connectivity index (χ2v) is 16.0. The predicted octanol–water partition coefficient (Wildman–Crippen LogP) is 4.64. The minimum Gasteiger partial charge on any atom is -0.469 e. The monoisotopic (exact) mass is 620 g/mol. The molecule has 1 amide bonds. The summed E-state index contributed by atoms with van der Waals surface area (Å²) in [7, 11) is -0.238. The van der Waals surface area contributed by atoms with E-state index in [4.69, 9.17) is 13.9 Å². The molecule has 1 heterocycles. The van der Waals surface area contributed by atoms with Crippen molar-refractivity contribution in [1.29, 1.82) is 0 Å². The molecule has 44 heavy (non-hydrogen) atoms. The second kappa shape index (κ2) is 13.6. The molecule has 1 aliphatic heterocycles. The highest BCUT2D eigenvalue weighted by atomic mass is 28.4. The molecular formula is C33H37FN2O7Si. The lowest BCUT2D eigenvalue weighted by atomic mass is 10.0. The van der Waals surface area contributed by atoms with E-state index >= 15 is 0 Å². The van der Waals surface area contributed by atoms with Crippen LogP contribution >= 0.6 is 0 Å². The molecule has 0 unspecified atom stereocenters. The number of ether oxygens (including phenoxy) is 2. The summed E-state index contributed by atoms with van der Waals surface area (Å²) in [6.07, 6.45) is 1.92. The van der Waals surface area contributed by atoms with Crippen LogP contribution in [0.3, 0.4) is 0 Å². The molecule has 4 rings (SSSR count). The van der Waals surface area contributed by atoms with Crippen molar-refractivity contribution < 1.29 is 32.8 Å². The van der Waals surface area contributed by atoms with Crippen LogP contribution in [0.15, 0.2) is 91.0 Å². The summed E-state index contributed by atoms with van der Waals surface area (Å²) in [5, 5.41) is 13.1. The third kappa shape index (κ3) is 6.80. The largest absolute Gasteiger partial charge is 0.469 e. The summed E-state index contributed by atoms with van der Waals surface area (Å²) in [5.74, 6) is -2.10. The van der Waals surface area contributed by atoms with E-state index in [0.29, 0.717) is 0 Å². The third-order valence-corrected chi connectivity index (χ3v) is 12.9. The van der Waals surface area contributed by atoms with Gasteiger partial charge in [0.1, 0.15) is 11.9 Å². The van der Waals surface area contributed by atoms with Gasteiger partial charge in [-0.25, -0.2) is 4.39 Å². The van der Waals surface area contributed by atoms with E-state index in [2.05, 4.69) is 45.0 Å². The number of halogens is 1. The Kier molecular flexibility index (Phi) is 10.1. The van der Waals surface area contributed by atoms with Gasteiger partial charge in [-0.05, 0) is 21.5 Å². The van der Waals surface area contributed by atoms with E-state index in [1.54, 1.807) is 12.2 Å². The van der Waals surface area contributed by atoms with Crippen LogP contribution in [0.1, 0.15) is 37.6 Å². The van der Waals surface area contributed by atoms with Crippen LogP contribution in [0.4, 0.5) is 10.1 Å². The van der Waals surface area contributed by atoms with Crippen molar-refractivity contribution in [2.45, 2.75) is 50.5 Å². The number of amides is 1. The highest BCUT2D eigenvalue weighted by molar-refractivity contribution is 6.99. The first-order valence-electron chi connectivity index (χ1n) is 14.3. The summed E-state index contributed by atoms with van der Waals surface area (Å²) in [5.41, 5.74) is -0.832. The van der Waals surface area contributed by atoms with E-state index in [9.17, 15) is 24.1 Å². The van der Waals surface area contributed by atoms with Gasteiger partial charge in [-0.15, -0.1) is 0 Å². The summed E-state index contributed by atoms with van der Waals surface area (Å²) in [6.45, 7) is 6.45. The molecule has 0 saturated carbocycles. The van der Waals surface area contributed by atoms with Gasteiger partial charge in [0.2, 0.25) is 0 Å². The predicted molar refractivity (Wildman–Crippen MR) is 167 cm³/mol. The van der Waals surface area contributed by atoms with Crippen LogP contribution in [0.5, 0.6) is 0 Å². The smallest absolute Gasteiger partial charge is 0.308 e. The molecule has 9 nitrogen and oxygen atoms in total. The van der Waals surface area contributed by atoms with Crippen molar-refractivity contribution in [3.8, 4) is 0 Å².